The molecule has 6 nitrogen and oxygen atoms in total. The highest BCUT2D eigenvalue weighted by molar-refractivity contribution is 5.88. The van der Waals surface area contributed by atoms with Crippen LogP contribution in [0.15, 0.2) is 0 Å². The third-order valence-corrected chi connectivity index (χ3v) is 1.08. The topological polar surface area (TPSA) is 81.9 Å². The van der Waals surface area contributed by atoms with Crippen LogP contribution in [0.1, 0.15) is 21.0 Å². The number of aromatic nitrogens is 3. The normalized spacial score (nSPS) is 9.09. The van der Waals surface area contributed by atoms with Crippen molar-refractivity contribution in [3.05, 3.63) is 11.4 Å². The molecule has 1 aromatic heterocycles. The maximum Gasteiger partial charge on any atom is 0.236 e. The second kappa shape index (κ2) is 2.82. The molecule has 0 unspecified atom stereocenters. The number of nitrogens with zero attached hydrogens (tertiary/aromatic N) is 3. The molecule has 0 saturated carbocycles. The lowest BCUT2D eigenvalue weighted by molar-refractivity contribution is 0.109. The Labute approximate surface area is 60.8 Å². The molecule has 0 atom stereocenters. The van der Waals surface area contributed by atoms with E-state index in [1.165, 1.54) is 0 Å². The van der Waals surface area contributed by atoms with Crippen molar-refractivity contribution >= 4 is 19.0 Å². The first-order valence-corrected chi connectivity index (χ1v) is 2.64. The van der Waals surface area contributed by atoms with Crippen molar-refractivity contribution in [3.63, 3.8) is 0 Å². The zero-order valence-electron chi connectivity index (χ0n) is 5.30. The van der Waals surface area contributed by atoms with E-state index in [0.717, 1.165) is 0 Å². The first-order chi connectivity index (χ1) is 5.33. The van der Waals surface area contributed by atoms with Gasteiger partial charge in [0.15, 0.2) is 18.3 Å². The van der Waals surface area contributed by atoms with Gasteiger partial charge in [0.2, 0.25) is 6.41 Å². The third-order valence-electron chi connectivity index (χ3n) is 1.08. The van der Waals surface area contributed by atoms with Crippen LogP contribution in [0.5, 0.6) is 0 Å². The molecule has 0 aliphatic carbocycles. The predicted octanol–water partition coefficient (Wildman–Crippen LogP) is -1.06. The average molecular weight is 153 g/mol. The van der Waals surface area contributed by atoms with Crippen molar-refractivity contribution in [3.8, 4) is 0 Å². The van der Waals surface area contributed by atoms with Crippen LogP contribution in [-0.4, -0.2) is 34.0 Å². The van der Waals surface area contributed by atoms with Gasteiger partial charge in [-0.1, -0.05) is 5.21 Å². The first kappa shape index (κ1) is 7.26. The van der Waals surface area contributed by atoms with Crippen LogP contribution < -0.4 is 0 Å². The molecule has 0 aromatic carbocycles. The van der Waals surface area contributed by atoms with Gasteiger partial charge < -0.3 is 0 Å². The number of aldehydes is 2. The highest BCUT2D eigenvalue weighted by Gasteiger charge is 2.09. The highest BCUT2D eigenvalue weighted by Crippen LogP contribution is 1.95. The van der Waals surface area contributed by atoms with Gasteiger partial charge in [-0.3, -0.25) is 14.4 Å². The zero-order valence-corrected chi connectivity index (χ0v) is 5.30. The van der Waals surface area contributed by atoms with E-state index >= 15 is 0 Å². The average Bonchev–Trinajstić information content (AvgIpc) is 2.45. The van der Waals surface area contributed by atoms with Gasteiger partial charge >= 0.3 is 0 Å². The lowest BCUT2D eigenvalue weighted by Gasteiger charge is -1.84. The smallest absolute Gasteiger partial charge is 0.236 e. The maximum atomic E-state index is 10.2. The molecule has 0 radical (unpaired) electrons. The molecule has 1 rings (SSSR count). The number of rotatable bonds is 3. The minimum atomic E-state index is -0.132. The van der Waals surface area contributed by atoms with Gasteiger partial charge in [-0.25, -0.2) is 0 Å². The van der Waals surface area contributed by atoms with E-state index in [4.69, 9.17) is 0 Å². The Bertz CT molecular complexity index is 278. The minimum Gasteiger partial charge on any atom is -0.296 e. The van der Waals surface area contributed by atoms with E-state index in [2.05, 4.69) is 10.3 Å². The summed E-state index contributed by atoms with van der Waals surface area (Å²) in [7, 11) is 0. The lowest BCUT2D eigenvalue weighted by atomic mass is 10.4. The Hall–Kier alpha value is -1.85. The minimum absolute atomic E-state index is 0.130. The van der Waals surface area contributed by atoms with E-state index in [1.807, 2.05) is 0 Å². The van der Waals surface area contributed by atoms with Gasteiger partial charge in [-0.15, -0.1) is 5.10 Å². The third kappa shape index (κ3) is 1.05. The summed E-state index contributed by atoms with van der Waals surface area (Å²) in [4.78, 5) is 30.4. The zero-order chi connectivity index (χ0) is 8.27. The molecule has 6 heteroatoms. The summed E-state index contributed by atoms with van der Waals surface area (Å²) in [6.45, 7) is 0. The van der Waals surface area contributed by atoms with Crippen LogP contribution in [0, 0.1) is 0 Å². The molecular weight excluding hydrogens is 150 g/mol. The predicted molar refractivity (Wildman–Crippen MR) is 32.9 cm³/mol. The van der Waals surface area contributed by atoms with Crippen molar-refractivity contribution in [2.45, 2.75) is 0 Å². The largest absolute Gasteiger partial charge is 0.296 e. The molecule has 0 amide bonds. The summed E-state index contributed by atoms with van der Waals surface area (Å²) in [6.07, 6.45) is 0.999. The summed E-state index contributed by atoms with van der Waals surface area (Å²) < 4.78 is 0.691. The second-order valence-electron chi connectivity index (χ2n) is 1.65. The maximum absolute atomic E-state index is 10.2. The summed E-state index contributed by atoms with van der Waals surface area (Å²) >= 11 is 0. The van der Waals surface area contributed by atoms with Crippen molar-refractivity contribution in [2.75, 3.05) is 0 Å². The molecular formula is C5H3N3O3. The fourth-order valence-corrected chi connectivity index (χ4v) is 0.589. The van der Waals surface area contributed by atoms with Crippen molar-refractivity contribution < 1.29 is 14.4 Å². The molecule has 1 heterocycles. The molecule has 0 saturated heterocycles. The number of hydrogen-bond donors (Lipinski definition) is 0. The van der Waals surface area contributed by atoms with Crippen LogP contribution in [0.4, 0.5) is 0 Å². The van der Waals surface area contributed by atoms with Gasteiger partial charge in [0, 0.05) is 0 Å². The quantitative estimate of drug-likeness (QED) is 0.517. The van der Waals surface area contributed by atoms with Crippen LogP contribution in [0.2, 0.25) is 0 Å². The Morgan fingerprint density at radius 3 is 2.36 bits per heavy atom. The monoisotopic (exact) mass is 153 g/mol. The Morgan fingerprint density at radius 1 is 1.18 bits per heavy atom. The van der Waals surface area contributed by atoms with Crippen LogP contribution >= 0.6 is 0 Å². The van der Waals surface area contributed by atoms with E-state index < -0.39 is 0 Å². The van der Waals surface area contributed by atoms with E-state index in [1.54, 1.807) is 0 Å². The fourth-order valence-electron chi connectivity index (χ4n) is 0.589. The molecule has 0 fully saturated rings. The number of hydrogen-bond acceptors (Lipinski definition) is 5. The van der Waals surface area contributed by atoms with Crippen molar-refractivity contribution in [2.24, 2.45) is 0 Å². The molecule has 1 aromatic rings. The summed E-state index contributed by atoms with van der Waals surface area (Å²) in [5.74, 6) is 0. The fraction of sp³-hybridized carbons (Fsp3) is 0. The molecule has 11 heavy (non-hydrogen) atoms. The molecule has 0 aliphatic rings. The van der Waals surface area contributed by atoms with Crippen LogP contribution in [-0.2, 0) is 4.79 Å². The summed E-state index contributed by atoms with van der Waals surface area (Å²) in [6, 6.07) is 0. The first-order valence-electron chi connectivity index (χ1n) is 2.64. The van der Waals surface area contributed by atoms with Gasteiger partial charge in [0.25, 0.3) is 0 Å². The molecule has 0 spiro atoms. The number of carbonyl (C=O) groups is 3. The molecule has 0 bridgehead atoms. The lowest BCUT2D eigenvalue weighted by Crippen LogP contribution is -2.02. The summed E-state index contributed by atoms with van der Waals surface area (Å²) in [5.41, 5.74) is -0.262. The Morgan fingerprint density at radius 2 is 1.91 bits per heavy atom. The van der Waals surface area contributed by atoms with Gasteiger partial charge in [0.05, 0.1) is 0 Å². The standard InChI is InChI=1S/C5H3N3O3/c9-1-4-5(2-10)8(3-11)7-6-4/h1-3H. The van der Waals surface area contributed by atoms with Gasteiger partial charge in [-0.2, -0.15) is 4.68 Å². The van der Waals surface area contributed by atoms with E-state index in [-0.39, 0.29) is 11.4 Å². The summed E-state index contributed by atoms with van der Waals surface area (Å²) in [5, 5.41) is 6.47. The van der Waals surface area contributed by atoms with E-state index in [9.17, 15) is 14.4 Å². The second-order valence-corrected chi connectivity index (χ2v) is 1.65. The van der Waals surface area contributed by atoms with Gasteiger partial charge in [-0.05, 0) is 0 Å². The number of carbonyl (C=O) groups excluding carboxylic acids is 3. The van der Waals surface area contributed by atoms with Crippen molar-refractivity contribution in [1.82, 2.24) is 15.0 Å². The van der Waals surface area contributed by atoms with Crippen LogP contribution in [0.3, 0.4) is 0 Å². The van der Waals surface area contributed by atoms with E-state index in [0.29, 0.717) is 23.7 Å². The van der Waals surface area contributed by atoms with Crippen LogP contribution in [0.25, 0.3) is 0 Å². The molecule has 0 N–H and O–H groups in total. The molecule has 56 valence electrons. The SMILES string of the molecule is O=Cc1nnn(C=O)c1C=O. The Balaban J connectivity index is 3.29. The van der Waals surface area contributed by atoms with Crippen molar-refractivity contribution in [1.29, 1.82) is 0 Å². The Kier molecular flexibility index (Phi) is 1.86. The molecule has 0 aliphatic heterocycles. The van der Waals surface area contributed by atoms with Gasteiger partial charge in [0.1, 0.15) is 5.69 Å². The highest BCUT2D eigenvalue weighted by atomic mass is 16.1.